The Morgan fingerprint density at radius 1 is 1.08 bits per heavy atom. The number of anilines is 1. The van der Waals surface area contributed by atoms with E-state index in [0.29, 0.717) is 41.8 Å². The minimum atomic E-state index is -0.927. The molecule has 0 bridgehead atoms. The fourth-order valence-electron chi connectivity index (χ4n) is 8.13. The number of carbonyl (C=O) groups is 1. The van der Waals surface area contributed by atoms with E-state index >= 15 is 4.39 Å². The van der Waals surface area contributed by atoms with Crippen LogP contribution in [0.3, 0.4) is 0 Å². The van der Waals surface area contributed by atoms with Crippen LogP contribution < -0.4 is 9.64 Å². The van der Waals surface area contributed by atoms with Gasteiger partial charge in [0.05, 0.1) is 35.8 Å². The maximum absolute atomic E-state index is 16.9. The molecule has 13 heteroatoms. The standard InChI is InChI=1S/C38H38F2N8O3/c1-24-8-11-31-30(19-42-45-31)32(24)28-9-10-29-34(33(28)40)43-36(51-23-38-13-5-15-47(38)20-26(39)18-38)44-35(29)46-16-17-48(27(21-46)12-14-41)37(49)50-22-25-6-3-2-4-7-25/h2-4,6-11,19,26-27H,5,12-13,15-18,20-23H2,1H3,(H,42,45)/t26-,27+,38+/m1/s1. The number of hydrogen-bond donors (Lipinski definition) is 1. The number of alkyl halides is 1. The lowest BCUT2D eigenvalue weighted by Gasteiger charge is -2.40. The third-order valence-corrected chi connectivity index (χ3v) is 10.6. The van der Waals surface area contributed by atoms with Crippen molar-refractivity contribution < 1.29 is 23.0 Å². The number of H-pyrrole nitrogens is 1. The lowest BCUT2D eigenvalue weighted by Crippen LogP contribution is -2.55. The molecule has 3 aromatic carbocycles. The molecule has 1 N–H and O–H groups in total. The third-order valence-electron chi connectivity index (χ3n) is 10.6. The summed E-state index contributed by atoms with van der Waals surface area (Å²) in [5.74, 6) is -0.0886. The predicted octanol–water partition coefficient (Wildman–Crippen LogP) is 6.32. The number of aromatic nitrogens is 4. The van der Waals surface area contributed by atoms with E-state index in [4.69, 9.17) is 14.5 Å². The van der Waals surface area contributed by atoms with E-state index in [1.54, 1.807) is 17.2 Å². The van der Waals surface area contributed by atoms with Crippen LogP contribution in [-0.4, -0.2) is 93.1 Å². The van der Waals surface area contributed by atoms with Crippen LogP contribution in [0.4, 0.5) is 19.4 Å². The molecule has 2 aromatic heterocycles. The molecule has 0 unspecified atom stereocenters. The van der Waals surface area contributed by atoms with Crippen molar-refractivity contribution in [1.29, 1.82) is 5.26 Å². The Morgan fingerprint density at radius 2 is 1.94 bits per heavy atom. The second-order valence-electron chi connectivity index (χ2n) is 13.8. The zero-order chi connectivity index (χ0) is 35.1. The molecule has 1 amide bonds. The molecule has 51 heavy (non-hydrogen) atoms. The Labute approximate surface area is 293 Å². The average molecular weight is 693 g/mol. The number of nitriles is 1. The van der Waals surface area contributed by atoms with Gasteiger partial charge in [0.15, 0.2) is 5.82 Å². The quantitative estimate of drug-likeness (QED) is 0.199. The summed E-state index contributed by atoms with van der Waals surface area (Å²) in [7, 11) is 0. The zero-order valence-electron chi connectivity index (χ0n) is 28.3. The van der Waals surface area contributed by atoms with Crippen molar-refractivity contribution in [3.63, 3.8) is 0 Å². The molecule has 262 valence electrons. The molecule has 3 saturated heterocycles. The van der Waals surface area contributed by atoms with Crippen molar-refractivity contribution in [2.75, 3.05) is 44.2 Å². The molecular formula is C38H38F2N8O3. The van der Waals surface area contributed by atoms with Gasteiger partial charge >= 0.3 is 12.1 Å². The van der Waals surface area contributed by atoms with Crippen molar-refractivity contribution in [3.05, 3.63) is 77.7 Å². The summed E-state index contributed by atoms with van der Waals surface area (Å²) < 4.78 is 43.4. The number of nitrogens with one attached hydrogen (secondary N) is 1. The first-order valence-corrected chi connectivity index (χ1v) is 17.4. The van der Waals surface area contributed by atoms with E-state index in [9.17, 15) is 14.4 Å². The SMILES string of the molecule is Cc1ccc2[nH]ncc2c1-c1ccc2c(N3CCN(C(=O)OCc4ccccc4)[C@@H](CC#N)C3)nc(OC[C@@]34CCCN3C[C@H](F)C4)nc2c1F. The number of aromatic amines is 1. The molecule has 0 spiro atoms. The van der Waals surface area contributed by atoms with Crippen molar-refractivity contribution in [2.24, 2.45) is 0 Å². The van der Waals surface area contributed by atoms with Crippen LogP contribution in [-0.2, 0) is 11.3 Å². The minimum Gasteiger partial charge on any atom is -0.461 e. The van der Waals surface area contributed by atoms with Crippen LogP contribution in [0.2, 0.25) is 0 Å². The molecule has 5 heterocycles. The van der Waals surface area contributed by atoms with Crippen LogP contribution >= 0.6 is 0 Å². The summed E-state index contributed by atoms with van der Waals surface area (Å²) in [6.07, 6.45) is 2.46. The van der Waals surface area contributed by atoms with E-state index in [2.05, 4.69) is 26.2 Å². The normalized spacial score (nSPS) is 22.0. The maximum atomic E-state index is 16.9. The second-order valence-corrected chi connectivity index (χ2v) is 13.8. The number of amides is 1. The molecule has 0 radical (unpaired) electrons. The van der Waals surface area contributed by atoms with E-state index < -0.39 is 29.7 Å². The van der Waals surface area contributed by atoms with Gasteiger partial charge in [0.1, 0.15) is 30.7 Å². The van der Waals surface area contributed by atoms with Gasteiger partial charge < -0.3 is 19.3 Å². The van der Waals surface area contributed by atoms with Gasteiger partial charge in [-0.25, -0.2) is 13.6 Å². The molecular weight excluding hydrogens is 654 g/mol. The van der Waals surface area contributed by atoms with E-state index in [1.807, 2.05) is 60.4 Å². The number of aryl methyl sites for hydroxylation is 1. The number of fused-ring (bicyclic) bond motifs is 3. The van der Waals surface area contributed by atoms with Crippen LogP contribution in [0.25, 0.3) is 32.9 Å². The Bertz CT molecular complexity index is 2140. The number of benzene rings is 3. The first-order chi connectivity index (χ1) is 24.8. The summed E-state index contributed by atoms with van der Waals surface area (Å²) in [4.78, 5) is 28.4. The first-order valence-electron chi connectivity index (χ1n) is 17.4. The fraction of sp³-hybridized carbons (Fsp3) is 0.395. The molecule has 0 saturated carbocycles. The molecule has 11 nitrogen and oxygen atoms in total. The van der Waals surface area contributed by atoms with Crippen LogP contribution in [0.1, 0.15) is 36.8 Å². The topological polar surface area (TPSA) is 124 Å². The number of carbonyl (C=O) groups excluding carboxylic acids is 1. The highest BCUT2D eigenvalue weighted by atomic mass is 19.1. The van der Waals surface area contributed by atoms with E-state index in [0.717, 1.165) is 41.4 Å². The minimum absolute atomic E-state index is 0.00291. The molecule has 3 fully saturated rings. The largest absolute Gasteiger partial charge is 0.461 e. The summed E-state index contributed by atoms with van der Waals surface area (Å²) in [6, 6.07) is 18.5. The van der Waals surface area contributed by atoms with Gasteiger partial charge in [-0.1, -0.05) is 42.5 Å². The summed E-state index contributed by atoms with van der Waals surface area (Å²) >= 11 is 0. The Morgan fingerprint density at radius 3 is 2.78 bits per heavy atom. The molecule has 3 atom stereocenters. The van der Waals surface area contributed by atoms with Crippen molar-refractivity contribution >= 4 is 33.7 Å². The number of piperazine rings is 1. The Balaban J connectivity index is 1.15. The van der Waals surface area contributed by atoms with Gasteiger partial charge in [0, 0.05) is 48.9 Å². The molecule has 3 aliphatic rings. The number of ether oxygens (including phenoxy) is 2. The third kappa shape index (κ3) is 6.07. The van der Waals surface area contributed by atoms with Crippen molar-refractivity contribution in [1.82, 2.24) is 30.0 Å². The van der Waals surface area contributed by atoms with Crippen molar-refractivity contribution in [2.45, 2.75) is 57.0 Å². The molecule has 5 aromatic rings. The summed E-state index contributed by atoms with van der Waals surface area (Å²) in [5, 5.41) is 18.2. The summed E-state index contributed by atoms with van der Waals surface area (Å²) in [6.45, 7) is 4.30. The van der Waals surface area contributed by atoms with Crippen LogP contribution in [0.15, 0.2) is 60.8 Å². The van der Waals surface area contributed by atoms with Gasteiger partial charge in [-0.3, -0.25) is 10.00 Å². The highest BCUT2D eigenvalue weighted by molar-refractivity contribution is 6.00. The average Bonchev–Trinajstić information content (AvgIpc) is 3.85. The first kappa shape index (κ1) is 32.8. The second kappa shape index (κ2) is 13.4. The number of nitrogens with zero attached hydrogens (tertiary/aromatic N) is 7. The number of rotatable bonds is 8. The number of hydrogen-bond acceptors (Lipinski definition) is 9. The smallest absolute Gasteiger partial charge is 0.410 e. The van der Waals surface area contributed by atoms with Gasteiger partial charge in [0.2, 0.25) is 0 Å². The van der Waals surface area contributed by atoms with Gasteiger partial charge in [-0.15, -0.1) is 0 Å². The Kier molecular flexibility index (Phi) is 8.63. The molecule has 0 aliphatic carbocycles. The highest BCUT2D eigenvalue weighted by Crippen LogP contribution is 2.41. The van der Waals surface area contributed by atoms with E-state index in [1.165, 1.54) is 0 Å². The van der Waals surface area contributed by atoms with Crippen molar-refractivity contribution in [3.8, 4) is 23.2 Å². The van der Waals surface area contributed by atoms with Gasteiger partial charge in [-0.05, 0) is 55.1 Å². The molecule has 8 rings (SSSR count). The maximum Gasteiger partial charge on any atom is 0.410 e. The summed E-state index contributed by atoms with van der Waals surface area (Å²) in [5.41, 5.74) is 3.24. The highest BCUT2D eigenvalue weighted by Gasteiger charge is 2.49. The van der Waals surface area contributed by atoms with Crippen LogP contribution in [0.5, 0.6) is 6.01 Å². The Hall–Kier alpha value is -5.35. The van der Waals surface area contributed by atoms with Gasteiger partial charge in [0.25, 0.3) is 0 Å². The monoisotopic (exact) mass is 692 g/mol. The van der Waals surface area contributed by atoms with E-state index in [-0.39, 0.29) is 44.3 Å². The lowest BCUT2D eigenvalue weighted by molar-refractivity contribution is 0.0768. The van der Waals surface area contributed by atoms with Crippen LogP contribution in [0, 0.1) is 24.1 Å². The van der Waals surface area contributed by atoms with Gasteiger partial charge in [-0.2, -0.15) is 20.3 Å². The lowest BCUT2D eigenvalue weighted by atomic mass is 9.95. The number of halogens is 2. The fourth-order valence-corrected chi connectivity index (χ4v) is 8.13. The predicted molar refractivity (Wildman–Crippen MR) is 187 cm³/mol. The zero-order valence-corrected chi connectivity index (χ0v) is 28.3. The molecule has 3 aliphatic heterocycles.